The highest BCUT2D eigenvalue weighted by Gasteiger charge is 2.17. The van der Waals surface area contributed by atoms with Crippen LogP contribution in [0.5, 0.6) is 0 Å². The van der Waals surface area contributed by atoms with Crippen molar-refractivity contribution in [3.8, 4) is 0 Å². The van der Waals surface area contributed by atoms with Gasteiger partial charge < -0.3 is 9.73 Å². The summed E-state index contributed by atoms with van der Waals surface area (Å²) in [6.07, 6.45) is 0. The fraction of sp³-hybridized carbons (Fsp3) is 0. The van der Waals surface area contributed by atoms with E-state index in [1.165, 1.54) is 12.1 Å². The summed E-state index contributed by atoms with van der Waals surface area (Å²) in [7, 11) is 0. The molecule has 1 N–H and O–H groups in total. The van der Waals surface area contributed by atoms with Gasteiger partial charge in [0.25, 0.3) is 5.91 Å². The lowest BCUT2D eigenvalue weighted by Gasteiger charge is -2.07. The highest BCUT2D eigenvalue weighted by atomic mass is 16.4. The van der Waals surface area contributed by atoms with E-state index >= 15 is 0 Å². The Morgan fingerprint density at radius 2 is 1.38 bits per heavy atom. The highest BCUT2D eigenvalue weighted by molar-refractivity contribution is 6.10. The van der Waals surface area contributed by atoms with Crippen LogP contribution in [0.2, 0.25) is 0 Å². The van der Waals surface area contributed by atoms with Crippen LogP contribution in [-0.4, -0.2) is 11.7 Å². The monoisotopic (exact) mass is 341 g/mol. The second-order valence-electron chi connectivity index (χ2n) is 5.84. The average molecular weight is 341 g/mol. The average Bonchev–Trinajstić information content (AvgIpc) is 3.19. The predicted molar refractivity (Wildman–Crippen MR) is 100 cm³/mol. The number of hydrogen-bond donors (Lipinski definition) is 1. The zero-order valence-corrected chi connectivity index (χ0v) is 13.8. The van der Waals surface area contributed by atoms with Crippen molar-refractivity contribution in [3.63, 3.8) is 0 Å². The van der Waals surface area contributed by atoms with Gasteiger partial charge in [-0.2, -0.15) is 0 Å². The Kier molecular flexibility index (Phi) is 4.07. The van der Waals surface area contributed by atoms with Gasteiger partial charge in [0, 0.05) is 16.6 Å². The number of hydrogen-bond acceptors (Lipinski definition) is 3. The molecule has 0 aliphatic carbocycles. The molecule has 1 heterocycles. The van der Waals surface area contributed by atoms with Gasteiger partial charge in [0.05, 0.1) is 0 Å². The third kappa shape index (κ3) is 3.00. The molecular weight excluding hydrogens is 326 g/mol. The van der Waals surface area contributed by atoms with E-state index in [0.29, 0.717) is 11.3 Å². The molecule has 0 spiro atoms. The van der Waals surface area contributed by atoms with E-state index in [1.54, 1.807) is 24.3 Å². The van der Waals surface area contributed by atoms with Crippen molar-refractivity contribution in [1.82, 2.24) is 0 Å². The Hall–Kier alpha value is -3.66. The molecule has 1 aromatic heterocycles. The molecule has 0 atom stereocenters. The van der Waals surface area contributed by atoms with E-state index in [4.69, 9.17) is 4.42 Å². The first-order chi connectivity index (χ1) is 12.7. The lowest BCUT2D eigenvalue weighted by Crippen LogP contribution is -2.11. The molecule has 4 heteroatoms. The van der Waals surface area contributed by atoms with Crippen molar-refractivity contribution in [2.45, 2.75) is 0 Å². The smallest absolute Gasteiger partial charge is 0.291 e. The van der Waals surface area contributed by atoms with Gasteiger partial charge in [0.1, 0.15) is 0 Å². The molecular formula is C22H15NO3. The molecule has 0 unspecified atom stereocenters. The molecule has 0 aliphatic heterocycles. The third-order valence-electron chi connectivity index (χ3n) is 4.13. The molecule has 4 aromatic rings. The van der Waals surface area contributed by atoms with Crippen LogP contribution in [0.4, 0.5) is 5.69 Å². The molecule has 26 heavy (non-hydrogen) atoms. The quantitative estimate of drug-likeness (QED) is 0.536. The summed E-state index contributed by atoms with van der Waals surface area (Å²) >= 11 is 0. The fourth-order valence-electron chi connectivity index (χ4n) is 2.83. The highest BCUT2D eigenvalue weighted by Crippen LogP contribution is 2.24. The van der Waals surface area contributed by atoms with Crippen molar-refractivity contribution in [2.75, 3.05) is 5.32 Å². The van der Waals surface area contributed by atoms with E-state index in [9.17, 15) is 9.59 Å². The maximum absolute atomic E-state index is 12.5. The number of anilines is 1. The summed E-state index contributed by atoms with van der Waals surface area (Å²) < 4.78 is 5.48. The van der Waals surface area contributed by atoms with Crippen LogP contribution < -0.4 is 5.32 Å². The predicted octanol–water partition coefficient (Wildman–Crippen LogP) is 4.92. The number of benzene rings is 3. The molecule has 126 valence electrons. The Bertz CT molecular complexity index is 1090. The first-order valence-electron chi connectivity index (χ1n) is 8.21. The van der Waals surface area contributed by atoms with Gasteiger partial charge in [-0.1, -0.05) is 66.7 Å². The summed E-state index contributed by atoms with van der Waals surface area (Å²) in [6, 6.07) is 25.3. The Morgan fingerprint density at radius 1 is 0.692 bits per heavy atom. The molecule has 0 bridgehead atoms. The van der Waals surface area contributed by atoms with E-state index in [-0.39, 0.29) is 17.3 Å². The SMILES string of the molecule is O=C(Nc1cccc2ccccc12)c1ccc(C(=O)c2ccccc2)o1. The molecule has 4 rings (SSSR count). The van der Waals surface area contributed by atoms with Crippen LogP contribution in [-0.2, 0) is 0 Å². The van der Waals surface area contributed by atoms with Crippen LogP contribution in [0.15, 0.2) is 89.3 Å². The minimum absolute atomic E-state index is 0.0946. The molecule has 0 aliphatic rings. The van der Waals surface area contributed by atoms with E-state index in [0.717, 1.165) is 10.8 Å². The molecule has 4 nitrogen and oxygen atoms in total. The number of carbonyl (C=O) groups is 2. The zero-order chi connectivity index (χ0) is 17.9. The summed E-state index contributed by atoms with van der Waals surface area (Å²) in [5, 5.41) is 4.82. The zero-order valence-electron chi connectivity index (χ0n) is 13.8. The number of amides is 1. The lowest BCUT2D eigenvalue weighted by atomic mass is 10.1. The Labute approximate surface area is 150 Å². The molecule has 0 radical (unpaired) electrons. The van der Waals surface area contributed by atoms with Crippen LogP contribution >= 0.6 is 0 Å². The van der Waals surface area contributed by atoms with Gasteiger partial charge in [-0.05, 0) is 23.6 Å². The summed E-state index contributed by atoms with van der Waals surface area (Å²) in [6.45, 7) is 0. The minimum atomic E-state index is -0.395. The second-order valence-corrected chi connectivity index (χ2v) is 5.84. The summed E-state index contributed by atoms with van der Waals surface area (Å²) in [4.78, 5) is 24.9. The van der Waals surface area contributed by atoms with Gasteiger partial charge in [0.15, 0.2) is 11.5 Å². The van der Waals surface area contributed by atoms with Gasteiger partial charge in [-0.15, -0.1) is 0 Å². The first kappa shape index (κ1) is 15.8. The Morgan fingerprint density at radius 3 is 2.23 bits per heavy atom. The van der Waals surface area contributed by atoms with Crippen molar-refractivity contribution in [3.05, 3.63) is 102 Å². The number of nitrogens with one attached hydrogen (secondary N) is 1. The largest absolute Gasteiger partial charge is 0.447 e. The number of furan rings is 1. The number of carbonyl (C=O) groups excluding carboxylic acids is 2. The summed E-state index contributed by atoms with van der Waals surface area (Å²) in [5.74, 6) is -0.417. The second kappa shape index (κ2) is 6.69. The van der Waals surface area contributed by atoms with Crippen LogP contribution in [0.25, 0.3) is 10.8 Å². The van der Waals surface area contributed by atoms with Crippen molar-refractivity contribution in [2.24, 2.45) is 0 Å². The van der Waals surface area contributed by atoms with Gasteiger partial charge in [-0.3, -0.25) is 9.59 Å². The van der Waals surface area contributed by atoms with Crippen LogP contribution in [0.3, 0.4) is 0 Å². The fourth-order valence-corrected chi connectivity index (χ4v) is 2.83. The summed E-state index contributed by atoms with van der Waals surface area (Å²) in [5.41, 5.74) is 1.21. The minimum Gasteiger partial charge on any atom is -0.447 e. The van der Waals surface area contributed by atoms with Crippen molar-refractivity contribution in [1.29, 1.82) is 0 Å². The molecule has 0 fully saturated rings. The van der Waals surface area contributed by atoms with Crippen molar-refractivity contribution < 1.29 is 14.0 Å². The number of rotatable bonds is 4. The Balaban J connectivity index is 1.58. The van der Waals surface area contributed by atoms with Crippen molar-refractivity contribution >= 4 is 28.2 Å². The number of fused-ring (bicyclic) bond motifs is 1. The standard InChI is InChI=1S/C22H15NO3/c24-21(16-8-2-1-3-9-16)19-13-14-20(26-19)22(25)23-18-12-6-10-15-7-4-5-11-17(15)18/h1-14H,(H,23,25). The molecule has 0 saturated carbocycles. The maximum atomic E-state index is 12.5. The van der Waals surface area contributed by atoms with Gasteiger partial charge >= 0.3 is 0 Å². The van der Waals surface area contributed by atoms with Gasteiger partial charge in [-0.25, -0.2) is 0 Å². The topological polar surface area (TPSA) is 59.3 Å². The van der Waals surface area contributed by atoms with Gasteiger partial charge in [0.2, 0.25) is 5.78 Å². The van der Waals surface area contributed by atoms with E-state index in [2.05, 4.69) is 5.32 Å². The van der Waals surface area contributed by atoms with E-state index < -0.39 is 5.91 Å². The maximum Gasteiger partial charge on any atom is 0.291 e. The molecule has 0 saturated heterocycles. The first-order valence-corrected chi connectivity index (χ1v) is 8.21. The number of ketones is 1. The molecule has 1 amide bonds. The lowest BCUT2D eigenvalue weighted by molar-refractivity contribution is 0.0979. The van der Waals surface area contributed by atoms with Crippen LogP contribution in [0.1, 0.15) is 26.7 Å². The van der Waals surface area contributed by atoms with E-state index in [1.807, 2.05) is 48.5 Å². The normalized spacial score (nSPS) is 10.6. The third-order valence-corrected chi connectivity index (χ3v) is 4.13. The molecule has 3 aromatic carbocycles. The van der Waals surface area contributed by atoms with Crippen LogP contribution in [0, 0.1) is 0 Å².